The second-order valence-corrected chi connectivity index (χ2v) is 12.6. The Morgan fingerprint density at radius 3 is 2.51 bits per heavy atom. The van der Waals surface area contributed by atoms with Crippen LogP contribution >= 0.6 is 23.2 Å². The van der Waals surface area contributed by atoms with Gasteiger partial charge in [0, 0.05) is 48.9 Å². The van der Waals surface area contributed by atoms with E-state index < -0.39 is 6.23 Å². The molecule has 2 aliphatic heterocycles. The third-order valence-electron chi connectivity index (χ3n) is 9.47. The van der Waals surface area contributed by atoms with Gasteiger partial charge in [-0.2, -0.15) is 0 Å². The molecular weight excluding hydrogens is 529 g/mol. The third-order valence-corrected chi connectivity index (χ3v) is 10.2. The van der Waals surface area contributed by atoms with Gasteiger partial charge in [0.25, 0.3) is 0 Å². The summed E-state index contributed by atoms with van der Waals surface area (Å²) in [4.78, 5) is 9.83. The Labute approximate surface area is 241 Å². The number of fused-ring (bicyclic) bond motifs is 2. The fourth-order valence-electron chi connectivity index (χ4n) is 7.27. The Balaban J connectivity index is 1.11. The average Bonchev–Trinajstić information content (AvgIpc) is 2.97. The van der Waals surface area contributed by atoms with Crippen molar-refractivity contribution in [2.75, 3.05) is 32.8 Å². The summed E-state index contributed by atoms with van der Waals surface area (Å²) in [6.45, 7) is 3.95. The highest BCUT2D eigenvalue weighted by Crippen LogP contribution is 2.37. The van der Waals surface area contributed by atoms with Crippen molar-refractivity contribution in [1.29, 1.82) is 0 Å². The van der Waals surface area contributed by atoms with E-state index in [1.165, 1.54) is 29.7 Å². The van der Waals surface area contributed by atoms with Crippen LogP contribution in [0.2, 0.25) is 10.0 Å². The number of hydrogen-bond acceptors (Lipinski definition) is 5. The molecule has 6 rings (SSSR count). The van der Waals surface area contributed by atoms with Crippen LogP contribution < -0.4 is 0 Å². The smallest absolute Gasteiger partial charge is 0.134 e. The van der Waals surface area contributed by atoms with Gasteiger partial charge in [-0.3, -0.25) is 14.8 Å². The van der Waals surface area contributed by atoms with Crippen molar-refractivity contribution in [2.45, 2.75) is 63.6 Å². The number of aliphatic hydroxyl groups excluding tert-OH is 2. The second-order valence-electron chi connectivity index (χ2n) is 11.8. The summed E-state index contributed by atoms with van der Waals surface area (Å²) in [5, 5.41) is 24.3. The molecule has 2 N–H and O–H groups in total. The minimum atomic E-state index is -0.590. The highest BCUT2D eigenvalue weighted by Gasteiger charge is 2.35. The third kappa shape index (κ3) is 5.72. The molecule has 2 unspecified atom stereocenters. The lowest BCUT2D eigenvalue weighted by Crippen LogP contribution is -2.51. The fourth-order valence-corrected chi connectivity index (χ4v) is 7.59. The molecule has 3 heterocycles. The van der Waals surface area contributed by atoms with Crippen LogP contribution in [-0.2, 0) is 19.3 Å². The van der Waals surface area contributed by atoms with Crippen molar-refractivity contribution in [3.8, 4) is 0 Å². The highest BCUT2D eigenvalue weighted by molar-refractivity contribution is 6.42. The fraction of sp³-hybridized carbons (Fsp3) is 0.531. The number of aromatic nitrogens is 1. The average molecular weight is 569 g/mol. The van der Waals surface area contributed by atoms with E-state index in [4.69, 9.17) is 28.2 Å². The Morgan fingerprint density at radius 1 is 0.923 bits per heavy atom. The number of halogens is 2. The van der Waals surface area contributed by atoms with Gasteiger partial charge in [-0.05, 0) is 99.1 Å². The summed E-state index contributed by atoms with van der Waals surface area (Å²) >= 11 is 12.4. The summed E-state index contributed by atoms with van der Waals surface area (Å²) in [6, 6.07) is 14.7. The molecular formula is C32H39Cl2N3O2. The predicted octanol–water partition coefficient (Wildman–Crippen LogP) is 6.05. The van der Waals surface area contributed by atoms with E-state index in [2.05, 4.69) is 34.1 Å². The Kier molecular flexibility index (Phi) is 8.46. The zero-order valence-corrected chi connectivity index (χ0v) is 24.0. The second kappa shape index (κ2) is 12.0. The maximum atomic E-state index is 11.7. The van der Waals surface area contributed by atoms with Gasteiger partial charge in [0.1, 0.15) is 6.23 Å². The SMILES string of the molecule is OC[C@@H]1CN(C2CCN(C(O)c3c4c(nc5ccccc35)CCCC4)CC2)CCC1Cc1ccc(Cl)c(Cl)c1. The number of piperidine rings is 2. The molecule has 3 aliphatic rings. The number of nitrogens with zero attached hydrogens (tertiary/aromatic N) is 3. The van der Waals surface area contributed by atoms with Crippen LogP contribution in [0.3, 0.4) is 0 Å². The molecule has 3 aromatic rings. The molecule has 0 radical (unpaired) electrons. The molecule has 1 aromatic heterocycles. The minimum Gasteiger partial charge on any atom is -0.396 e. The summed E-state index contributed by atoms with van der Waals surface area (Å²) in [7, 11) is 0. The Morgan fingerprint density at radius 2 is 1.72 bits per heavy atom. The van der Waals surface area contributed by atoms with Gasteiger partial charge in [0.2, 0.25) is 0 Å². The van der Waals surface area contributed by atoms with E-state index in [1.807, 2.05) is 18.2 Å². The lowest BCUT2D eigenvalue weighted by molar-refractivity contribution is -0.0364. The van der Waals surface area contributed by atoms with Crippen LogP contribution in [0, 0.1) is 11.8 Å². The first-order chi connectivity index (χ1) is 19.0. The number of rotatable bonds is 6. The number of aliphatic hydroxyl groups is 2. The number of benzene rings is 2. The molecule has 3 atom stereocenters. The maximum absolute atomic E-state index is 11.7. The Bertz CT molecular complexity index is 1310. The quantitative estimate of drug-likeness (QED) is 0.379. The van der Waals surface area contributed by atoms with Crippen molar-refractivity contribution < 1.29 is 10.2 Å². The lowest BCUT2D eigenvalue weighted by Gasteiger charge is -2.45. The lowest BCUT2D eigenvalue weighted by atomic mass is 9.80. The van der Waals surface area contributed by atoms with Crippen molar-refractivity contribution in [3.05, 3.63) is 74.9 Å². The van der Waals surface area contributed by atoms with Crippen molar-refractivity contribution in [1.82, 2.24) is 14.8 Å². The summed E-state index contributed by atoms with van der Waals surface area (Å²) < 4.78 is 0. The monoisotopic (exact) mass is 567 g/mol. The summed E-state index contributed by atoms with van der Waals surface area (Å²) in [6.07, 6.45) is 7.85. The molecule has 0 bridgehead atoms. The summed E-state index contributed by atoms with van der Waals surface area (Å²) in [5.41, 5.74) is 5.75. The van der Waals surface area contributed by atoms with Crippen molar-refractivity contribution in [3.63, 3.8) is 0 Å². The topological polar surface area (TPSA) is 59.8 Å². The molecule has 7 heteroatoms. The van der Waals surface area contributed by atoms with Crippen molar-refractivity contribution in [2.24, 2.45) is 11.8 Å². The number of para-hydroxylation sites is 1. The number of likely N-dealkylation sites (tertiary alicyclic amines) is 2. The van der Waals surface area contributed by atoms with Gasteiger partial charge in [0.05, 0.1) is 15.6 Å². The zero-order valence-electron chi connectivity index (χ0n) is 22.5. The molecule has 0 saturated carbocycles. The number of hydrogen-bond donors (Lipinski definition) is 2. The van der Waals surface area contributed by atoms with Gasteiger partial charge in [-0.25, -0.2) is 0 Å². The molecule has 208 valence electrons. The largest absolute Gasteiger partial charge is 0.396 e. The van der Waals surface area contributed by atoms with Crippen LogP contribution in [0.25, 0.3) is 10.9 Å². The molecule has 2 saturated heterocycles. The summed E-state index contributed by atoms with van der Waals surface area (Å²) in [5.74, 6) is 0.697. The molecule has 0 amide bonds. The van der Waals surface area contributed by atoms with Gasteiger partial charge in [-0.1, -0.05) is 47.5 Å². The maximum Gasteiger partial charge on any atom is 0.134 e. The Hall–Kier alpha value is -1.73. The zero-order chi connectivity index (χ0) is 26.9. The van der Waals surface area contributed by atoms with Gasteiger partial charge in [-0.15, -0.1) is 0 Å². The normalized spacial score (nSPS) is 24.1. The first-order valence-corrected chi connectivity index (χ1v) is 15.4. The van der Waals surface area contributed by atoms with Crippen LogP contribution in [0.4, 0.5) is 0 Å². The van der Waals surface area contributed by atoms with E-state index in [9.17, 15) is 10.2 Å². The molecule has 2 aromatic carbocycles. The first-order valence-electron chi connectivity index (χ1n) is 14.6. The predicted molar refractivity (Wildman–Crippen MR) is 158 cm³/mol. The van der Waals surface area contributed by atoms with Crippen LogP contribution in [0.5, 0.6) is 0 Å². The van der Waals surface area contributed by atoms with E-state index >= 15 is 0 Å². The highest BCUT2D eigenvalue weighted by atomic mass is 35.5. The molecule has 0 spiro atoms. The van der Waals surface area contributed by atoms with Crippen LogP contribution in [0.1, 0.15) is 60.7 Å². The van der Waals surface area contributed by atoms with Crippen molar-refractivity contribution >= 4 is 34.1 Å². The first kappa shape index (κ1) is 27.4. The van der Waals surface area contributed by atoms with Crippen LogP contribution in [0.15, 0.2) is 42.5 Å². The molecule has 2 fully saturated rings. The standard InChI is InChI=1S/C32H39Cl2N3O2/c33-27-10-9-21(18-28(27)34)17-22-11-14-37(19-23(22)20-38)24-12-15-36(16-13-24)32(39)31-25-5-1-3-7-29(25)35-30-8-4-2-6-26(30)31/h1,3,5,7,9-10,18,22-24,32,38-39H,2,4,6,8,11-17,19-20H2/t22?,23-,32?/m0/s1. The molecule has 1 aliphatic carbocycles. The number of aryl methyl sites for hydroxylation is 1. The van der Waals surface area contributed by atoms with E-state index in [0.29, 0.717) is 22.0 Å². The van der Waals surface area contributed by atoms with Crippen LogP contribution in [-0.4, -0.2) is 63.8 Å². The van der Waals surface area contributed by atoms with E-state index in [-0.39, 0.29) is 12.5 Å². The van der Waals surface area contributed by atoms with Gasteiger partial charge in [0.15, 0.2) is 0 Å². The van der Waals surface area contributed by atoms with E-state index in [0.717, 1.165) is 81.2 Å². The minimum absolute atomic E-state index is 0.209. The van der Waals surface area contributed by atoms with E-state index in [1.54, 1.807) is 0 Å². The van der Waals surface area contributed by atoms with Gasteiger partial charge < -0.3 is 10.2 Å². The molecule has 5 nitrogen and oxygen atoms in total. The van der Waals surface area contributed by atoms with Gasteiger partial charge >= 0.3 is 0 Å². The molecule has 39 heavy (non-hydrogen) atoms. The number of pyridine rings is 1.